The average Bonchev–Trinajstić information content (AvgIpc) is 3.53. The summed E-state index contributed by atoms with van der Waals surface area (Å²) in [7, 11) is 0. The first-order valence-corrected chi connectivity index (χ1v) is 11.6. The quantitative estimate of drug-likeness (QED) is 0.357. The van der Waals surface area contributed by atoms with E-state index in [9.17, 15) is 18.4 Å². The van der Waals surface area contributed by atoms with Crippen molar-refractivity contribution in [1.82, 2.24) is 14.5 Å². The normalized spacial score (nSPS) is 15.1. The highest BCUT2D eigenvalue weighted by Crippen LogP contribution is 2.37. The Morgan fingerprint density at radius 2 is 1.83 bits per heavy atom. The number of fused-ring (bicyclic) bond motifs is 4. The maximum absolute atomic E-state index is 13.6. The number of nitrogens with zero attached hydrogens (tertiary/aromatic N) is 3. The summed E-state index contributed by atoms with van der Waals surface area (Å²) < 4.78 is 28.6. The molecule has 9 heteroatoms. The van der Waals surface area contributed by atoms with E-state index in [1.807, 2.05) is 54.7 Å². The van der Waals surface area contributed by atoms with Crippen molar-refractivity contribution in [2.24, 2.45) is 0 Å². The van der Waals surface area contributed by atoms with Crippen LogP contribution in [-0.2, 0) is 16.0 Å². The molecule has 5 aromatic rings. The van der Waals surface area contributed by atoms with Crippen molar-refractivity contribution >= 4 is 45.4 Å². The summed E-state index contributed by atoms with van der Waals surface area (Å²) in [4.78, 5) is 35.9. The summed E-state index contributed by atoms with van der Waals surface area (Å²) in [5, 5.41) is 3.66. The molecule has 2 amide bonds. The number of amides is 2. The summed E-state index contributed by atoms with van der Waals surface area (Å²) in [6, 6.07) is 17.8. The van der Waals surface area contributed by atoms with Gasteiger partial charge in [0.2, 0.25) is 11.9 Å². The minimum atomic E-state index is -1.06. The van der Waals surface area contributed by atoms with Crippen molar-refractivity contribution in [3.05, 3.63) is 90.1 Å². The van der Waals surface area contributed by atoms with Gasteiger partial charge in [0.15, 0.2) is 11.6 Å². The van der Waals surface area contributed by atoms with Crippen molar-refractivity contribution in [3.63, 3.8) is 0 Å². The van der Waals surface area contributed by atoms with Crippen LogP contribution in [0.4, 0.5) is 20.4 Å². The SMILES string of the molecule is O=C(C[C@@H]1C(=O)N(CCc2c[nH]c3ccccc23)c2nc3ccccc3n21)Nc1ccc(F)c(F)c1. The van der Waals surface area contributed by atoms with Gasteiger partial charge in [-0.05, 0) is 42.3 Å². The molecule has 0 saturated carbocycles. The molecular formula is C27H21F2N5O2. The zero-order valence-electron chi connectivity index (χ0n) is 19.0. The third-order valence-corrected chi connectivity index (χ3v) is 6.54. The van der Waals surface area contributed by atoms with E-state index in [1.165, 1.54) is 6.07 Å². The molecule has 0 bridgehead atoms. The molecule has 0 saturated heterocycles. The lowest BCUT2D eigenvalue weighted by Crippen LogP contribution is -2.33. The molecule has 2 aromatic heterocycles. The lowest BCUT2D eigenvalue weighted by Gasteiger charge is -2.16. The summed E-state index contributed by atoms with van der Waals surface area (Å²) in [6.45, 7) is 0.394. The molecule has 7 nitrogen and oxygen atoms in total. The molecule has 1 atom stereocenters. The first-order chi connectivity index (χ1) is 17.5. The third-order valence-electron chi connectivity index (χ3n) is 6.54. The number of imidazole rings is 1. The van der Waals surface area contributed by atoms with Gasteiger partial charge in [0.1, 0.15) is 6.04 Å². The van der Waals surface area contributed by atoms with Gasteiger partial charge >= 0.3 is 0 Å². The van der Waals surface area contributed by atoms with Gasteiger partial charge in [0.05, 0.1) is 17.5 Å². The molecule has 1 aliphatic rings. The predicted molar refractivity (Wildman–Crippen MR) is 133 cm³/mol. The summed E-state index contributed by atoms with van der Waals surface area (Å²) in [5.74, 6) is -2.29. The standard InChI is InChI=1S/C27H21F2N5O2/c28-19-10-9-17(13-20(19)29)31-25(35)14-24-26(36)33(27-32-22-7-3-4-8-23(22)34(24)27)12-11-16-15-30-21-6-2-1-5-18(16)21/h1-10,13,15,24,30H,11-12,14H2,(H,31,35)/t24-/m1/s1. The van der Waals surface area contributed by atoms with Crippen LogP contribution in [0.25, 0.3) is 21.9 Å². The topological polar surface area (TPSA) is 83.0 Å². The Hall–Kier alpha value is -4.53. The van der Waals surface area contributed by atoms with Gasteiger partial charge in [-0.1, -0.05) is 30.3 Å². The number of carbonyl (C=O) groups excluding carboxylic acids is 2. The van der Waals surface area contributed by atoms with E-state index >= 15 is 0 Å². The number of H-pyrrole nitrogens is 1. The maximum Gasteiger partial charge on any atom is 0.253 e. The summed E-state index contributed by atoms with van der Waals surface area (Å²) in [6.07, 6.45) is 2.38. The van der Waals surface area contributed by atoms with Crippen LogP contribution in [0.5, 0.6) is 0 Å². The van der Waals surface area contributed by atoms with E-state index in [-0.39, 0.29) is 18.0 Å². The molecule has 0 aliphatic carbocycles. The van der Waals surface area contributed by atoms with Crippen LogP contribution in [0, 0.1) is 11.6 Å². The Morgan fingerprint density at radius 3 is 2.69 bits per heavy atom. The van der Waals surface area contributed by atoms with Crippen LogP contribution in [0.2, 0.25) is 0 Å². The van der Waals surface area contributed by atoms with Crippen LogP contribution in [0.3, 0.4) is 0 Å². The van der Waals surface area contributed by atoms with Crippen molar-refractivity contribution in [2.45, 2.75) is 18.9 Å². The van der Waals surface area contributed by atoms with E-state index in [0.29, 0.717) is 18.9 Å². The molecule has 0 radical (unpaired) electrons. The zero-order valence-corrected chi connectivity index (χ0v) is 19.0. The Bertz CT molecular complexity index is 1640. The first-order valence-electron chi connectivity index (χ1n) is 11.6. The second-order valence-corrected chi connectivity index (χ2v) is 8.77. The Balaban J connectivity index is 1.28. The summed E-state index contributed by atoms with van der Waals surface area (Å²) >= 11 is 0. The number of anilines is 2. The Kier molecular flexibility index (Phi) is 5.25. The highest BCUT2D eigenvalue weighted by Gasteiger charge is 2.40. The Morgan fingerprint density at radius 1 is 1.03 bits per heavy atom. The largest absolute Gasteiger partial charge is 0.361 e. The number of halogens is 2. The highest BCUT2D eigenvalue weighted by molar-refractivity contribution is 6.05. The minimum absolute atomic E-state index is 0.122. The minimum Gasteiger partial charge on any atom is -0.361 e. The van der Waals surface area contributed by atoms with E-state index in [0.717, 1.165) is 39.6 Å². The molecular weight excluding hydrogens is 464 g/mol. The van der Waals surface area contributed by atoms with Crippen molar-refractivity contribution < 1.29 is 18.4 Å². The van der Waals surface area contributed by atoms with Crippen LogP contribution >= 0.6 is 0 Å². The van der Waals surface area contributed by atoms with Crippen LogP contribution in [0.1, 0.15) is 18.0 Å². The zero-order chi connectivity index (χ0) is 24.8. The van der Waals surface area contributed by atoms with Crippen LogP contribution in [0.15, 0.2) is 72.9 Å². The van der Waals surface area contributed by atoms with E-state index in [2.05, 4.69) is 15.3 Å². The molecule has 36 heavy (non-hydrogen) atoms. The Labute approximate surface area is 204 Å². The van der Waals surface area contributed by atoms with Crippen LogP contribution in [-0.4, -0.2) is 32.9 Å². The van der Waals surface area contributed by atoms with Gasteiger partial charge < -0.3 is 10.3 Å². The number of benzene rings is 3. The molecule has 180 valence electrons. The lowest BCUT2D eigenvalue weighted by atomic mass is 10.1. The fourth-order valence-corrected chi connectivity index (χ4v) is 4.84. The third kappa shape index (κ3) is 3.69. The average molecular weight is 485 g/mol. The van der Waals surface area contributed by atoms with Gasteiger partial charge in [0, 0.05) is 35.4 Å². The fraction of sp³-hybridized carbons (Fsp3) is 0.148. The number of carbonyl (C=O) groups is 2. The molecule has 0 spiro atoms. The van der Waals surface area contributed by atoms with E-state index in [1.54, 1.807) is 9.47 Å². The number of para-hydroxylation sites is 3. The highest BCUT2D eigenvalue weighted by atomic mass is 19.2. The molecule has 1 aliphatic heterocycles. The molecule has 3 heterocycles. The predicted octanol–water partition coefficient (Wildman–Crippen LogP) is 4.96. The molecule has 0 fully saturated rings. The van der Waals surface area contributed by atoms with E-state index in [4.69, 9.17) is 0 Å². The second kappa shape index (κ2) is 8.60. The number of hydrogen-bond donors (Lipinski definition) is 2. The monoisotopic (exact) mass is 485 g/mol. The van der Waals surface area contributed by atoms with Crippen molar-refractivity contribution in [2.75, 3.05) is 16.8 Å². The lowest BCUT2D eigenvalue weighted by molar-refractivity contribution is -0.124. The summed E-state index contributed by atoms with van der Waals surface area (Å²) in [5.41, 5.74) is 3.71. The van der Waals surface area contributed by atoms with E-state index < -0.39 is 23.6 Å². The number of nitrogens with one attached hydrogen (secondary N) is 2. The van der Waals surface area contributed by atoms with Gasteiger partial charge in [-0.3, -0.25) is 19.1 Å². The molecule has 2 N–H and O–H groups in total. The second-order valence-electron chi connectivity index (χ2n) is 8.77. The number of rotatable bonds is 6. The number of aromatic nitrogens is 3. The maximum atomic E-state index is 13.6. The van der Waals surface area contributed by atoms with Crippen molar-refractivity contribution in [3.8, 4) is 0 Å². The molecule has 0 unspecified atom stereocenters. The smallest absolute Gasteiger partial charge is 0.253 e. The first kappa shape index (κ1) is 22.0. The van der Waals surface area contributed by atoms with Gasteiger partial charge in [-0.2, -0.15) is 0 Å². The number of aromatic amines is 1. The van der Waals surface area contributed by atoms with Crippen LogP contribution < -0.4 is 10.2 Å². The number of hydrogen-bond acceptors (Lipinski definition) is 3. The van der Waals surface area contributed by atoms with Gasteiger partial charge in [0.25, 0.3) is 5.91 Å². The van der Waals surface area contributed by atoms with Crippen molar-refractivity contribution in [1.29, 1.82) is 0 Å². The van der Waals surface area contributed by atoms with Gasteiger partial charge in [-0.15, -0.1) is 0 Å². The molecule has 3 aromatic carbocycles. The fourth-order valence-electron chi connectivity index (χ4n) is 4.84. The van der Waals surface area contributed by atoms with Gasteiger partial charge in [-0.25, -0.2) is 13.8 Å². The molecule has 6 rings (SSSR count).